The molecule has 1 rings (SSSR count). The lowest BCUT2D eigenvalue weighted by Gasteiger charge is -2.29. The SMILES string of the molecule is COP1OC(C)CC(C)O1. The van der Waals surface area contributed by atoms with Crippen molar-refractivity contribution in [2.45, 2.75) is 32.5 Å². The summed E-state index contributed by atoms with van der Waals surface area (Å²) < 4.78 is 15.6. The van der Waals surface area contributed by atoms with Gasteiger partial charge in [0.1, 0.15) is 0 Å². The molecule has 1 aliphatic heterocycles. The van der Waals surface area contributed by atoms with Gasteiger partial charge in [0, 0.05) is 13.5 Å². The van der Waals surface area contributed by atoms with E-state index in [0.29, 0.717) is 0 Å². The molecule has 1 heterocycles. The molecule has 3 nitrogen and oxygen atoms in total. The van der Waals surface area contributed by atoms with Crippen LogP contribution in [0.2, 0.25) is 0 Å². The minimum Gasteiger partial charge on any atom is -0.316 e. The number of rotatable bonds is 1. The van der Waals surface area contributed by atoms with Crippen molar-refractivity contribution in [2.75, 3.05) is 7.11 Å². The maximum atomic E-state index is 5.33. The van der Waals surface area contributed by atoms with Gasteiger partial charge in [0.15, 0.2) is 0 Å². The average Bonchev–Trinajstić information content (AvgIpc) is 1.85. The molecule has 60 valence electrons. The van der Waals surface area contributed by atoms with E-state index in [1.54, 1.807) is 7.11 Å². The van der Waals surface area contributed by atoms with Crippen LogP contribution < -0.4 is 0 Å². The third kappa shape index (κ3) is 2.17. The number of hydrogen-bond acceptors (Lipinski definition) is 3. The van der Waals surface area contributed by atoms with Gasteiger partial charge < -0.3 is 13.6 Å². The van der Waals surface area contributed by atoms with Crippen LogP contribution in [0.4, 0.5) is 0 Å². The van der Waals surface area contributed by atoms with Crippen molar-refractivity contribution in [1.29, 1.82) is 0 Å². The third-order valence-corrected chi connectivity index (χ3v) is 2.71. The molecule has 0 aromatic rings. The molecule has 0 spiro atoms. The number of hydrogen-bond donors (Lipinski definition) is 0. The largest absolute Gasteiger partial charge is 0.332 e. The van der Waals surface area contributed by atoms with E-state index >= 15 is 0 Å². The molecule has 0 aromatic carbocycles. The van der Waals surface area contributed by atoms with Crippen LogP contribution in [-0.2, 0) is 13.6 Å². The first kappa shape index (κ1) is 8.41. The van der Waals surface area contributed by atoms with E-state index in [9.17, 15) is 0 Å². The molecule has 0 radical (unpaired) electrons. The van der Waals surface area contributed by atoms with Crippen LogP contribution in [0.5, 0.6) is 0 Å². The summed E-state index contributed by atoms with van der Waals surface area (Å²) in [5, 5.41) is 0. The minimum absolute atomic E-state index is 0.273. The Balaban J connectivity index is 2.35. The van der Waals surface area contributed by atoms with Gasteiger partial charge in [0.25, 0.3) is 0 Å². The lowest BCUT2D eigenvalue weighted by molar-refractivity contribution is 0.0394. The molecule has 1 fully saturated rings. The smallest absolute Gasteiger partial charge is 0.316 e. The summed E-state index contributed by atoms with van der Waals surface area (Å²) in [4.78, 5) is 0. The average molecular weight is 164 g/mol. The van der Waals surface area contributed by atoms with Crippen molar-refractivity contribution >= 4 is 8.60 Å². The Hall–Kier alpha value is 0.310. The van der Waals surface area contributed by atoms with Crippen LogP contribution in [0.25, 0.3) is 0 Å². The standard InChI is InChI=1S/C6H13O3P/c1-5-4-6(2)9-10(7-3)8-5/h5-6H,4H2,1-3H3. The van der Waals surface area contributed by atoms with Crippen molar-refractivity contribution < 1.29 is 13.6 Å². The normalized spacial score (nSPS) is 41.7. The summed E-state index contributed by atoms with van der Waals surface area (Å²) in [7, 11) is 0.559. The summed E-state index contributed by atoms with van der Waals surface area (Å²) in [6.07, 6.45) is 1.51. The molecular formula is C6H13O3P. The topological polar surface area (TPSA) is 27.7 Å². The minimum atomic E-state index is -1.05. The van der Waals surface area contributed by atoms with E-state index in [-0.39, 0.29) is 12.2 Å². The third-order valence-electron chi connectivity index (χ3n) is 1.34. The van der Waals surface area contributed by atoms with Crippen LogP contribution in [0, 0.1) is 0 Å². The Bertz CT molecular complexity index is 99.2. The van der Waals surface area contributed by atoms with Crippen LogP contribution in [0.1, 0.15) is 20.3 Å². The van der Waals surface area contributed by atoms with Crippen molar-refractivity contribution in [3.63, 3.8) is 0 Å². The highest BCUT2D eigenvalue weighted by molar-refractivity contribution is 7.41. The molecule has 2 unspecified atom stereocenters. The highest BCUT2D eigenvalue weighted by atomic mass is 31.2. The molecule has 1 aliphatic rings. The summed E-state index contributed by atoms with van der Waals surface area (Å²) in [5.74, 6) is 0. The maximum Gasteiger partial charge on any atom is 0.332 e. The van der Waals surface area contributed by atoms with E-state index in [0.717, 1.165) is 6.42 Å². The highest BCUT2D eigenvalue weighted by Gasteiger charge is 2.25. The van der Waals surface area contributed by atoms with Gasteiger partial charge in [-0.1, -0.05) is 0 Å². The van der Waals surface area contributed by atoms with Gasteiger partial charge >= 0.3 is 8.60 Å². The van der Waals surface area contributed by atoms with Crippen molar-refractivity contribution in [3.05, 3.63) is 0 Å². The summed E-state index contributed by atoms with van der Waals surface area (Å²) in [5.41, 5.74) is 0. The van der Waals surface area contributed by atoms with Gasteiger partial charge in [0.2, 0.25) is 0 Å². The molecule has 0 bridgehead atoms. The Morgan fingerprint density at radius 1 is 1.30 bits per heavy atom. The molecule has 2 atom stereocenters. The molecule has 0 aromatic heterocycles. The zero-order valence-corrected chi connectivity index (χ0v) is 7.43. The first-order chi connectivity index (χ1) is 4.72. The molecule has 0 amide bonds. The van der Waals surface area contributed by atoms with Crippen molar-refractivity contribution in [2.24, 2.45) is 0 Å². The molecule has 10 heavy (non-hydrogen) atoms. The summed E-state index contributed by atoms with van der Waals surface area (Å²) >= 11 is 0. The molecule has 0 saturated carbocycles. The zero-order valence-electron chi connectivity index (χ0n) is 6.53. The first-order valence-corrected chi connectivity index (χ1v) is 4.49. The van der Waals surface area contributed by atoms with Gasteiger partial charge in [-0.2, -0.15) is 0 Å². The summed E-state index contributed by atoms with van der Waals surface area (Å²) in [6.45, 7) is 4.07. The van der Waals surface area contributed by atoms with Crippen LogP contribution >= 0.6 is 8.60 Å². The van der Waals surface area contributed by atoms with E-state index in [1.807, 2.05) is 13.8 Å². The monoisotopic (exact) mass is 164 g/mol. The van der Waals surface area contributed by atoms with Crippen molar-refractivity contribution in [1.82, 2.24) is 0 Å². The van der Waals surface area contributed by atoms with Gasteiger partial charge in [0.05, 0.1) is 12.2 Å². The van der Waals surface area contributed by atoms with E-state index in [2.05, 4.69) is 0 Å². The summed E-state index contributed by atoms with van der Waals surface area (Å²) in [6, 6.07) is 0. The van der Waals surface area contributed by atoms with Gasteiger partial charge in [-0.25, -0.2) is 0 Å². The fourth-order valence-electron chi connectivity index (χ4n) is 0.958. The highest BCUT2D eigenvalue weighted by Crippen LogP contribution is 2.46. The second-order valence-electron chi connectivity index (χ2n) is 2.47. The van der Waals surface area contributed by atoms with Crippen LogP contribution in [0.3, 0.4) is 0 Å². The van der Waals surface area contributed by atoms with Crippen molar-refractivity contribution in [3.8, 4) is 0 Å². The maximum absolute atomic E-state index is 5.33. The fraction of sp³-hybridized carbons (Fsp3) is 1.00. The van der Waals surface area contributed by atoms with Gasteiger partial charge in [-0.15, -0.1) is 0 Å². The second-order valence-corrected chi connectivity index (χ2v) is 3.71. The van der Waals surface area contributed by atoms with Crippen LogP contribution in [-0.4, -0.2) is 19.3 Å². The van der Waals surface area contributed by atoms with Gasteiger partial charge in [-0.05, 0) is 13.8 Å². The lowest BCUT2D eigenvalue weighted by Crippen LogP contribution is -2.22. The molecule has 0 N–H and O–H groups in total. The Labute approximate surface area is 62.7 Å². The lowest BCUT2D eigenvalue weighted by atomic mass is 10.2. The fourth-order valence-corrected chi connectivity index (χ4v) is 1.94. The molecule has 1 saturated heterocycles. The molecule has 0 aliphatic carbocycles. The Morgan fingerprint density at radius 2 is 1.80 bits per heavy atom. The predicted octanol–water partition coefficient (Wildman–Crippen LogP) is 2.07. The van der Waals surface area contributed by atoms with E-state index in [1.165, 1.54) is 0 Å². The predicted molar refractivity (Wildman–Crippen MR) is 39.6 cm³/mol. The van der Waals surface area contributed by atoms with Crippen LogP contribution in [0.15, 0.2) is 0 Å². The second kappa shape index (κ2) is 3.63. The molecule has 4 heteroatoms. The van der Waals surface area contributed by atoms with E-state index in [4.69, 9.17) is 13.6 Å². The quantitative estimate of drug-likeness (QED) is 0.555. The first-order valence-electron chi connectivity index (χ1n) is 3.40. The van der Waals surface area contributed by atoms with E-state index < -0.39 is 8.60 Å². The zero-order chi connectivity index (χ0) is 7.56. The Morgan fingerprint density at radius 3 is 2.20 bits per heavy atom. The molecular weight excluding hydrogens is 151 g/mol. The van der Waals surface area contributed by atoms with Gasteiger partial charge in [-0.3, -0.25) is 0 Å². The Kier molecular flexibility index (Phi) is 3.05.